The van der Waals surface area contributed by atoms with Crippen LogP contribution < -0.4 is 5.32 Å². The Kier molecular flexibility index (Phi) is 6.01. The zero-order valence-corrected chi connectivity index (χ0v) is 15.2. The van der Waals surface area contributed by atoms with Crippen LogP contribution in [0.4, 0.5) is 4.39 Å². The molecular weight excluding hydrogens is 351 g/mol. The highest BCUT2D eigenvalue weighted by Crippen LogP contribution is 2.16. The second-order valence-corrected chi connectivity index (χ2v) is 6.53. The molecule has 0 atom stereocenters. The predicted molar refractivity (Wildman–Crippen MR) is 99.3 cm³/mol. The normalized spacial score (nSPS) is 10.7. The Morgan fingerprint density at radius 3 is 2.50 bits per heavy atom. The molecule has 0 fully saturated rings. The number of hydrogen-bond donors (Lipinski definition) is 1. The Morgan fingerprint density at radius 1 is 1.08 bits per heavy atom. The number of benzene rings is 2. The van der Waals surface area contributed by atoms with Gasteiger partial charge in [-0.25, -0.2) is 4.39 Å². The van der Waals surface area contributed by atoms with E-state index in [9.17, 15) is 9.18 Å². The van der Waals surface area contributed by atoms with Crippen molar-refractivity contribution in [1.29, 1.82) is 0 Å². The molecule has 0 saturated heterocycles. The zero-order chi connectivity index (χ0) is 18.4. The van der Waals surface area contributed by atoms with E-state index in [0.29, 0.717) is 18.9 Å². The predicted octanol–water partition coefficient (Wildman–Crippen LogP) is 3.05. The molecule has 0 aliphatic carbocycles. The maximum atomic E-state index is 12.9. The third-order valence-electron chi connectivity index (χ3n) is 3.88. The van der Waals surface area contributed by atoms with Crippen LogP contribution in [0.3, 0.4) is 0 Å². The number of rotatable bonds is 7. The molecule has 1 N–H and O–H groups in total. The molecule has 1 aromatic heterocycles. The molecule has 0 radical (unpaired) electrons. The first kappa shape index (κ1) is 18.1. The van der Waals surface area contributed by atoms with Gasteiger partial charge < -0.3 is 9.88 Å². The van der Waals surface area contributed by atoms with Gasteiger partial charge in [-0.3, -0.25) is 4.79 Å². The summed E-state index contributed by atoms with van der Waals surface area (Å²) in [7, 11) is 0. The van der Waals surface area contributed by atoms with Gasteiger partial charge in [-0.15, -0.1) is 10.2 Å². The number of carbonyl (C=O) groups excluding carboxylic acids is 1. The minimum absolute atomic E-state index is 0.142. The van der Waals surface area contributed by atoms with Crippen LogP contribution in [-0.4, -0.2) is 26.9 Å². The summed E-state index contributed by atoms with van der Waals surface area (Å²) in [6.07, 6.45) is 2.14. The van der Waals surface area contributed by atoms with E-state index < -0.39 is 0 Å². The van der Waals surface area contributed by atoms with Gasteiger partial charge in [-0.05, 0) is 29.5 Å². The second kappa shape index (κ2) is 8.62. The Hall–Kier alpha value is -2.67. The van der Waals surface area contributed by atoms with E-state index >= 15 is 0 Å². The van der Waals surface area contributed by atoms with Crippen molar-refractivity contribution < 1.29 is 9.18 Å². The molecular formula is C19H19FN4OS. The molecule has 0 aliphatic rings. The van der Waals surface area contributed by atoms with Crippen LogP contribution in [0.2, 0.25) is 0 Å². The third kappa shape index (κ3) is 4.70. The van der Waals surface area contributed by atoms with Gasteiger partial charge in [0.15, 0.2) is 11.0 Å². The minimum Gasteiger partial charge on any atom is -0.349 e. The summed E-state index contributed by atoms with van der Waals surface area (Å²) in [5, 5.41) is 12.0. The van der Waals surface area contributed by atoms with E-state index in [2.05, 4.69) is 15.5 Å². The van der Waals surface area contributed by atoms with Crippen molar-refractivity contribution in [3.8, 4) is 0 Å². The highest BCUT2D eigenvalue weighted by Gasteiger charge is 2.13. The van der Waals surface area contributed by atoms with Crippen molar-refractivity contribution in [2.24, 2.45) is 0 Å². The lowest BCUT2D eigenvalue weighted by Gasteiger charge is -2.10. The fourth-order valence-corrected chi connectivity index (χ4v) is 3.07. The summed E-state index contributed by atoms with van der Waals surface area (Å²) in [6.45, 7) is 0.938. The molecule has 2 aromatic carbocycles. The highest BCUT2D eigenvalue weighted by atomic mass is 32.2. The number of thioether (sulfide) groups is 1. The van der Waals surface area contributed by atoms with Gasteiger partial charge in [-0.2, -0.15) is 0 Å². The van der Waals surface area contributed by atoms with Crippen LogP contribution >= 0.6 is 11.8 Å². The van der Waals surface area contributed by atoms with E-state index in [4.69, 9.17) is 0 Å². The maximum absolute atomic E-state index is 12.9. The second-order valence-electron chi connectivity index (χ2n) is 5.75. The average Bonchev–Trinajstić information content (AvgIpc) is 3.04. The fraction of sp³-hybridized carbons (Fsp3) is 0.211. The summed E-state index contributed by atoms with van der Waals surface area (Å²) in [5.41, 5.74) is 1.90. The molecule has 134 valence electrons. The SMILES string of the molecule is CSc1nnc(CNC(=O)Cc2ccc(F)cc2)n1Cc1ccccc1. The van der Waals surface area contributed by atoms with Gasteiger partial charge in [0.2, 0.25) is 5.91 Å². The van der Waals surface area contributed by atoms with Gasteiger partial charge in [0, 0.05) is 0 Å². The van der Waals surface area contributed by atoms with Crippen molar-refractivity contribution in [1.82, 2.24) is 20.1 Å². The first-order valence-electron chi connectivity index (χ1n) is 8.17. The lowest BCUT2D eigenvalue weighted by atomic mass is 10.1. The van der Waals surface area contributed by atoms with E-state index in [1.165, 1.54) is 23.9 Å². The standard InChI is InChI=1S/C19H19FN4OS/c1-26-19-23-22-17(24(19)13-15-5-3-2-4-6-15)12-21-18(25)11-14-7-9-16(20)10-8-14/h2-10H,11-13H2,1H3,(H,21,25). The molecule has 3 rings (SSSR count). The van der Waals surface area contributed by atoms with Gasteiger partial charge in [0.25, 0.3) is 0 Å². The smallest absolute Gasteiger partial charge is 0.224 e. The number of hydrogen-bond acceptors (Lipinski definition) is 4. The first-order chi connectivity index (χ1) is 12.7. The molecule has 1 heterocycles. The summed E-state index contributed by atoms with van der Waals surface area (Å²) in [5.74, 6) is 0.245. The maximum Gasteiger partial charge on any atom is 0.224 e. The fourth-order valence-electron chi connectivity index (χ4n) is 2.55. The number of aromatic nitrogens is 3. The van der Waals surface area contributed by atoms with Crippen molar-refractivity contribution in [2.45, 2.75) is 24.7 Å². The summed E-state index contributed by atoms with van der Waals surface area (Å²) >= 11 is 1.51. The van der Waals surface area contributed by atoms with Crippen LogP contribution in [0.5, 0.6) is 0 Å². The van der Waals surface area contributed by atoms with Crippen molar-refractivity contribution in [3.05, 3.63) is 77.4 Å². The zero-order valence-electron chi connectivity index (χ0n) is 14.4. The van der Waals surface area contributed by atoms with Crippen molar-refractivity contribution in [3.63, 3.8) is 0 Å². The van der Waals surface area contributed by atoms with Gasteiger partial charge in [0.1, 0.15) is 5.82 Å². The van der Waals surface area contributed by atoms with Crippen LogP contribution in [0, 0.1) is 5.82 Å². The molecule has 0 bridgehead atoms. The van der Waals surface area contributed by atoms with Gasteiger partial charge >= 0.3 is 0 Å². The Bertz CT molecular complexity index is 865. The van der Waals surface area contributed by atoms with E-state index in [0.717, 1.165) is 16.3 Å². The van der Waals surface area contributed by atoms with Crippen LogP contribution in [-0.2, 0) is 24.3 Å². The Balaban J connectivity index is 1.65. The first-order valence-corrected chi connectivity index (χ1v) is 9.39. The van der Waals surface area contributed by atoms with E-state index in [1.54, 1.807) is 12.1 Å². The minimum atomic E-state index is -0.312. The topological polar surface area (TPSA) is 59.8 Å². The molecule has 7 heteroatoms. The van der Waals surface area contributed by atoms with Crippen LogP contribution in [0.15, 0.2) is 59.8 Å². The monoisotopic (exact) mass is 370 g/mol. The van der Waals surface area contributed by atoms with Crippen LogP contribution in [0.25, 0.3) is 0 Å². The molecule has 0 spiro atoms. The Morgan fingerprint density at radius 2 is 1.81 bits per heavy atom. The highest BCUT2D eigenvalue weighted by molar-refractivity contribution is 7.98. The largest absolute Gasteiger partial charge is 0.349 e. The third-order valence-corrected chi connectivity index (χ3v) is 4.55. The van der Waals surface area contributed by atoms with Gasteiger partial charge in [-0.1, -0.05) is 54.2 Å². The number of carbonyl (C=O) groups is 1. The Labute approximate surface area is 155 Å². The number of halogens is 1. The summed E-state index contributed by atoms with van der Waals surface area (Å²) < 4.78 is 14.9. The van der Waals surface area contributed by atoms with Crippen LogP contribution in [0.1, 0.15) is 17.0 Å². The lowest BCUT2D eigenvalue weighted by Crippen LogP contribution is -2.26. The number of amides is 1. The molecule has 0 aliphatic heterocycles. The molecule has 0 saturated carbocycles. The summed E-state index contributed by atoms with van der Waals surface area (Å²) in [4.78, 5) is 12.1. The quantitative estimate of drug-likeness (QED) is 0.650. The summed E-state index contributed by atoms with van der Waals surface area (Å²) in [6, 6.07) is 16.0. The molecule has 0 unspecified atom stereocenters. The molecule has 1 amide bonds. The lowest BCUT2D eigenvalue weighted by molar-refractivity contribution is -0.120. The van der Waals surface area contributed by atoms with Crippen molar-refractivity contribution >= 4 is 17.7 Å². The van der Waals surface area contributed by atoms with Gasteiger partial charge in [0.05, 0.1) is 19.5 Å². The molecule has 26 heavy (non-hydrogen) atoms. The van der Waals surface area contributed by atoms with Crippen molar-refractivity contribution in [2.75, 3.05) is 6.26 Å². The number of nitrogens with zero attached hydrogens (tertiary/aromatic N) is 3. The molecule has 3 aromatic rings. The van der Waals surface area contributed by atoms with E-state index in [1.807, 2.05) is 41.2 Å². The average molecular weight is 370 g/mol. The number of nitrogens with one attached hydrogen (secondary N) is 1. The molecule has 5 nitrogen and oxygen atoms in total. The van der Waals surface area contributed by atoms with E-state index in [-0.39, 0.29) is 18.1 Å².